The molecule has 0 amide bonds. The maximum absolute atomic E-state index is 5.90. The van der Waals surface area contributed by atoms with Crippen LogP contribution in [0.1, 0.15) is 31.1 Å². The lowest BCUT2D eigenvalue weighted by Gasteiger charge is -2.13. The van der Waals surface area contributed by atoms with E-state index in [0.717, 1.165) is 12.1 Å². The molecule has 2 rings (SSSR count). The van der Waals surface area contributed by atoms with E-state index in [1.807, 2.05) is 27.0 Å². The molecule has 0 spiro atoms. The predicted molar refractivity (Wildman–Crippen MR) is 65.4 cm³/mol. The molecule has 2 N–H and O–H groups in total. The first kappa shape index (κ1) is 12.8. The van der Waals surface area contributed by atoms with Crippen LogP contribution in [0, 0.1) is 0 Å². The third kappa shape index (κ3) is 3.18. The van der Waals surface area contributed by atoms with Gasteiger partial charge in [-0.3, -0.25) is 4.90 Å². The Morgan fingerprint density at radius 1 is 1.39 bits per heavy atom. The Kier molecular flexibility index (Phi) is 3.49. The molecule has 0 bridgehead atoms. The van der Waals surface area contributed by atoms with Gasteiger partial charge in [0.25, 0.3) is 0 Å². The molecule has 0 aliphatic carbocycles. The van der Waals surface area contributed by atoms with Crippen molar-refractivity contribution in [1.82, 2.24) is 15.0 Å². The first-order valence-electron chi connectivity index (χ1n) is 5.77. The van der Waals surface area contributed by atoms with E-state index in [2.05, 4.69) is 15.0 Å². The van der Waals surface area contributed by atoms with Gasteiger partial charge in [0.1, 0.15) is 0 Å². The van der Waals surface area contributed by atoms with E-state index in [1.165, 1.54) is 0 Å². The van der Waals surface area contributed by atoms with Crippen LogP contribution in [0.3, 0.4) is 0 Å². The van der Waals surface area contributed by atoms with Crippen molar-refractivity contribution in [3.8, 4) is 0 Å². The highest BCUT2D eigenvalue weighted by Crippen LogP contribution is 2.14. The number of nitrogens with two attached hydrogens (primary N) is 1. The number of rotatable bonds is 5. The summed E-state index contributed by atoms with van der Waals surface area (Å²) in [7, 11) is 1.98. The molecule has 0 fully saturated rings. The molecular weight excluding hydrogens is 232 g/mol. The van der Waals surface area contributed by atoms with Crippen molar-refractivity contribution in [3.63, 3.8) is 0 Å². The highest BCUT2D eigenvalue weighted by atomic mass is 16.5. The van der Waals surface area contributed by atoms with Crippen molar-refractivity contribution in [3.05, 3.63) is 35.9 Å². The van der Waals surface area contributed by atoms with Crippen LogP contribution in [0.2, 0.25) is 0 Å². The number of hydrogen-bond donors (Lipinski definition) is 1. The highest BCUT2D eigenvalue weighted by molar-refractivity contribution is 5.05. The minimum atomic E-state index is -0.578. The fourth-order valence-electron chi connectivity index (χ4n) is 1.56. The molecule has 0 atom stereocenters. The normalized spacial score (nSPS) is 12.3. The van der Waals surface area contributed by atoms with E-state index in [-0.39, 0.29) is 0 Å². The van der Waals surface area contributed by atoms with Crippen molar-refractivity contribution in [2.45, 2.75) is 32.5 Å². The second-order valence-corrected chi connectivity index (χ2v) is 5.04. The van der Waals surface area contributed by atoms with Crippen LogP contribution in [0.15, 0.2) is 27.5 Å². The third-order valence-corrected chi connectivity index (χ3v) is 2.48. The molecule has 2 aromatic heterocycles. The fraction of sp³-hybridized carbons (Fsp3) is 0.500. The number of furan rings is 1. The van der Waals surface area contributed by atoms with Gasteiger partial charge in [0.05, 0.1) is 24.6 Å². The van der Waals surface area contributed by atoms with E-state index in [9.17, 15) is 0 Å². The summed E-state index contributed by atoms with van der Waals surface area (Å²) < 4.78 is 10.2. The van der Waals surface area contributed by atoms with Gasteiger partial charge in [-0.2, -0.15) is 4.98 Å². The van der Waals surface area contributed by atoms with E-state index < -0.39 is 5.54 Å². The number of nitrogens with zero attached hydrogens (tertiary/aromatic N) is 3. The van der Waals surface area contributed by atoms with Crippen LogP contribution in [0.4, 0.5) is 0 Å². The van der Waals surface area contributed by atoms with Crippen LogP contribution >= 0.6 is 0 Å². The van der Waals surface area contributed by atoms with Gasteiger partial charge in [-0.15, -0.1) is 0 Å². The molecule has 98 valence electrons. The molecule has 0 unspecified atom stereocenters. The molecule has 0 radical (unpaired) electrons. The smallest absolute Gasteiger partial charge is 0.240 e. The van der Waals surface area contributed by atoms with Gasteiger partial charge in [0.15, 0.2) is 5.82 Å². The second kappa shape index (κ2) is 4.91. The average Bonchev–Trinajstić information content (AvgIpc) is 2.87. The Labute approximate surface area is 106 Å². The molecule has 0 saturated carbocycles. The molecular formula is C12H18N4O2. The maximum atomic E-state index is 5.90. The molecule has 6 heteroatoms. The van der Waals surface area contributed by atoms with Gasteiger partial charge in [0.2, 0.25) is 5.89 Å². The van der Waals surface area contributed by atoms with Crippen LogP contribution in [-0.4, -0.2) is 22.1 Å². The van der Waals surface area contributed by atoms with E-state index in [1.54, 1.807) is 12.5 Å². The van der Waals surface area contributed by atoms with E-state index in [0.29, 0.717) is 18.3 Å². The van der Waals surface area contributed by atoms with Crippen molar-refractivity contribution in [1.29, 1.82) is 0 Å². The van der Waals surface area contributed by atoms with Gasteiger partial charge in [-0.1, -0.05) is 5.16 Å². The zero-order valence-electron chi connectivity index (χ0n) is 10.9. The van der Waals surface area contributed by atoms with Crippen molar-refractivity contribution < 1.29 is 8.94 Å². The van der Waals surface area contributed by atoms with Gasteiger partial charge < -0.3 is 14.7 Å². The van der Waals surface area contributed by atoms with Gasteiger partial charge in [-0.25, -0.2) is 0 Å². The van der Waals surface area contributed by atoms with Crippen molar-refractivity contribution in [2.75, 3.05) is 7.05 Å². The summed E-state index contributed by atoms with van der Waals surface area (Å²) in [5.41, 5.74) is 6.43. The standard InChI is InChI=1S/C12H18N4O2/c1-12(2,13)11-14-10(18-15-11)7-16(3)6-9-4-5-17-8-9/h4-5,8H,6-7,13H2,1-3H3. The Hall–Kier alpha value is -1.66. The molecule has 0 aliphatic rings. The predicted octanol–water partition coefficient (Wildman–Crippen LogP) is 1.49. The topological polar surface area (TPSA) is 81.3 Å². The van der Waals surface area contributed by atoms with Gasteiger partial charge in [0, 0.05) is 12.1 Å². The number of hydrogen-bond acceptors (Lipinski definition) is 6. The van der Waals surface area contributed by atoms with Gasteiger partial charge >= 0.3 is 0 Å². The molecule has 0 saturated heterocycles. The van der Waals surface area contributed by atoms with E-state index in [4.69, 9.17) is 14.7 Å². The first-order valence-corrected chi connectivity index (χ1v) is 5.77. The molecule has 0 aliphatic heterocycles. The summed E-state index contributed by atoms with van der Waals surface area (Å²) in [5.74, 6) is 1.09. The zero-order chi connectivity index (χ0) is 13.2. The van der Waals surface area contributed by atoms with Crippen LogP contribution < -0.4 is 5.73 Å². The maximum Gasteiger partial charge on any atom is 0.240 e. The molecule has 0 aromatic carbocycles. The summed E-state index contributed by atoms with van der Waals surface area (Å²) >= 11 is 0. The second-order valence-electron chi connectivity index (χ2n) is 5.04. The lowest BCUT2D eigenvalue weighted by atomic mass is 10.1. The zero-order valence-corrected chi connectivity index (χ0v) is 10.9. The minimum absolute atomic E-state index is 0.522. The Bertz CT molecular complexity index is 484. The Morgan fingerprint density at radius 2 is 2.17 bits per heavy atom. The van der Waals surface area contributed by atoms with Crippen molar-refractivity contribution in [2.24, 2.45) is 5.73 Å². The molecule has 18 heavy (non-hydrogen) atoms. The Balaban J connectivity index is 1.95. The molecule has 2 heterocycles. The van der Waals surface area contributed by atoms with Crippen molar-refractivity contribution >= 4 is 0 Å². The summed E-state index contributed by atoms with van der Waals surface area (Å²) in [6.45, 7) is 5.03. The van der Waals surface area contributed by atoms with Crippen LogP contribution in [0.5, 0.6) is 0 Å². The largest absolute Gasteiger partial charge is 0.472 e. The number of aromatic nitrogens is 2. The summed E-state index contributed by atoms with van der Waals surface area (Å²) in [4.78, 5) is 6.34. The molecule has 2 aromatic rings. The lowest BCUT2D eigenvalue weighted by molar-refractivity contribution is 0.259. The van der Waals surface area contributed by atoms with Crippen LogP contribution in [0.25, 0.3) is 0 Å². The summed E-state index contributed by atoms with van der Waals surface area (Å²) in [5, 5.41) is 3.88. The highest BCUT2D eigenvalue weighted by Gasteiger charge is 2.21. The lowest BCUT2D eigenvalue weighted by Crippen LogP contribution is -2.30. The fourth-order valence-corrected chi connectivity index (χ4v) is 1.56. The quantitative estimate of drug-likeness (QED) is 0.865. The summed E-state index contributed by atoms with van der Waals surface area (Å²) in [6.07, 6.45) is 3.38. The summed E-state index contributed by atoms with van der Waals surface area (Å²) in [6, 6.07) is 1.93. The first-order chi connectivity index (χ1) is 8.45. The van der Waals surface area contributed by atoms with Crippen LogP contribution in [-0.2, 0) is 18.6 Å². The minimum Gasteiger partial charge on any atom is -0.472 e. The third-order valence-electron chi connectivity index (χ3n) is 2.48. The molecule has 6 nitrogen and oxygen atoms in total. The van der Waals surface area contributed by atoms with Gasteiger partial charge in [-0.05, 0) is 27.0 Å². The van der Waals surface area contributed by atoms with E-state index >= 15 is 0 Å². The monoisotopic (exact) mass is 250 g/mol. The average molecular weight is 250 g/mol. The Morgan fingerprint density at radius 3 is 2.72 bits per heavy atom. The SMILES string of the molecule is CN(Cc1ccoc1)Cc1nc(C(C)(C)N)no1.